The second kappa shape index (κ2) is 7.72. The van der Waals surface area contributed by atoms with Gasteiger partial charge < -0.3 is 14.2 Å². The minimum absolute atomic E-state index is 0.0601. The first-order chi connectivity index (χ1) is 14.7. The van der Waals surface area contributed by atoms with Crippen molar-refractivity contribution in [2.75, 3.05) is 19.7 Å². The average molecular weight is 399 g/mol. The van der Waals surface area contributed by atoms with Crippen molar-refractivity contribution in [1.29, 1.82) is 0 Å². The number of morpholine rings is 1. The van der Waals surface area contributed by atoms with Crippen molar-refractivity contribution in [3.63, 3.8) is 0 Å². The minimum Gasteiger partial charge on any atom is -0.370 e. The van der Waals surface area contributed by atoms with Crippen molar-refractivity contribution in [1.82, 2.24) is 15.0 Å². The second-order valence-electron chi connectivity index (χ2n) is 7.39. The Balaban J connectivity index is 1.53. The van der Waals surface area contributed by atoms with Crippen LogP contribution in [0.25, 0.3) is 22.4 Å². The zero-order valence-electron chi connectivity index (χ0n) is 16.6. The number of hydrogen-bond acceptors (Lipinski definition) is 5. The molecular weight excluding hydrogens is 378 g/mol. The Morgan fingerprint density at radius 3 is 2.57 bits per heavy atom. The van der Waals surface area contributed by atoms with Crippen LogP contribution in [0.2, 0.25) is 0 Å². The van der Waals surface area contributed by atoms with Gasteiger partial charge in [-0.15, -0.1) is 0 Å². The highest BCUT2D eigenvalue weighted by molar-refractivity contribution is 6.07. The van der Waals surface area contributed by atoms with Gasteiger partial charge in [0.05, 0.1) is 35.5 Å². The number of amides is 1. The number of carbonyl (C=O) groups excluding carboxylic acids is 1. The summed E-state index contributed by atoms with van der Waals surface area (Å²) in [4.78, 5) is 20.0. The molecule has 1 aliphatic heterocycles. The van der Waals surface area contributed by atoms with Gasteiger partial charge in [-0.25, -0.2) is 4.98 Å². The normalized spacial score (nSPS) is 16.7. The maximum atomic E-state index is 13.6. The summed E-state index contributed by atoms with van der Waals surface area (Å²) >= 11 is 0. The lowest BCUT2D eigenvalue weighted by Crippen LogP contribution is -2.42. The molecule has 1 saturated heterocycles. The third kappa shape index (κ3) is 3.35. The summed E-state index contributed by atoms with van der Waals surface area (Å²) in [5.74, 6) is -0.0601. The van der Waals surface area contributed by atoms with Crippen molar-refractivity contribution in [2.45, 2.75) is 13.0 Å². The van der Waals surface area contributed by atoms with E-state index in [9.17, 15) is 4.79 Å². The summed E-state index contributed by atoms with van der Waals surface area (Å²) in [6.45, 7) is 3.36. The van der Waals surface area contributed by atoms with E-state index in [1.54, 1.807) is 0 Å². The zero-order valence-corrected chi connectivity index (χ0v) is 16.6. The van der Waals surface area contributed by atoms with Gasteiger partial charge in [-0.3, -0.25) is 4.79 Å². The summed E-state index contributed by atoms with van der Waals surface area (Å²) in [6.07, 6.45) is -0.140. The number of ether oxygens (including phenoxy) is 1. The highest BCUT2D eigenvalue weighted by Gasteiger charge is 2.29. The van der Waals surface area contributed by atoms with Crippen molar-refractivity contribution in [3.05, 3.63) is 83.6 Å². The zero-order chi connectivity index (χ0) is 20.5. The fraction of sp³-hybridized carbons (Fsp3) is 0.208. The lowest BCUT2D eigenvalue weighted by molar-refractivity contribution is -0.0227. The lowest BCUT2D eigenvalue weighted by atomic mass is 10.0. The summed E-state index contributed by atoms with van der Waals surface area (Å²) < 4.78 is 11.4. The number of carbonyl (C=O) groups is 1. The number of hydrogen-bond donors (Lipinski definition) is 0. The van der Waals surface area contributed by atoms with E-state index in [0.717, 1.165) is 11.1 Å². The van der Waals surface area contributed by atoms with Gasteiger partial charge in [0, 0.05) is 12.1 Å². The highest BCUT2D eigenvalue weighted by atomic mass is 16.5. The van der Waals surface area contributed by atoms with Gasteiger partial charge in [-0.05, 0) is 18.6 Å². The minimum atomic E-state index is -0.140. The van der Waals surface area contributed by atoms with E-state index in [-0.39, 0.29) is 12.0 Å². The Hall–Kier alpha value is -3.51. The molecule has 1 atom stereocenters. The molecule has 3 heterocycles. The number of pyridine rings is 1. The van der Waals surface area contributed by atoms with Crippen LogP contribution in [0.15, 0.2) is 71.3 Å². The molecule has 2 aromatic heterocycles. The maximum absolute atomic E-state index is 13.6. The van der Waals surface area contributed by atoms with E-state index < -0.39 is 0 Å². The molecule has 6 nitrogen and oxygen atoms in total. The predicted octanol–water partition coefficient (Wildman–Crippen LogP) is 4.41. The highest BCUT2D eigenvalue weighted by Crippen LogP contribution is 2.29. The van der Waals surface area contributed by atoms with Gasteiger partial charge in [-0.1, -0.05) is 65.8 Å². The summed E-state index contributed by atoms with van der Waals surface area (Å²) in [5.41, 5.74) is 4.29. The molecule has 1 amide bonds. The quantitative estimate of drug-likeness (QED) is 0.510. The third-order valence-corrected chi connectivity index (χ3v) is 5.44. The van der Waals surface area contributed by atoms with Gasteiger partial charge in [0.25, 0.3) is 11.6 Å². The van der Waals surface area contributed by atoms with Gasteiger partial charge in [0.1, 0.15) is 6.10 Å². The second-order valence-corrected chi connectivity index (χ2v) is 7.39. The van der Waals surface area contributed by atoms with E-state index in [4.69, 9.17) is 9.26 Å². The van der Waals surface area contributed by atoms with E-state index in [1.807, 2.05) is 78.6 Å². The van der Waals surface area contributed by atoms with Gasteiger partial charge in [0.15, 0.2) is 0 Å². The van der Waals surface area contributed by atoms with Crippen LogP contribution in [0.3, 0.4) is 0 Å². The molecule has 5 rings (SSSR count). The number of aromatic nitrogens is 2. The summed E-state index contributed by atoms with van der Waals surface area (Å²) in [6, 6.07) is 21.6. The predicted molar refractivity (Wildman–Crippen MR) is 113 cm³/mol. The van der Waals surface area contributed by atoms with Crippen LogP contribution in [-0.2, 0) is 4.74 Å². The Bertz CT molecular complexity index is 1190. The third-order valence-electron chi connectivity index (χ3n) is 5.44. The van der Waals surface area contributed by atoms with Crippen LogP contribution >= 0.6 is 0 Å². The molecule has 2 aromatic carbocycles. The Morgan fingerprint density at radius 1 is 1.07 bits per heavy atom. The van der Waals surface area contributed by atoms with E-state index in [1.165, 1.54) is 0 Å². The number of rotatable bonds is 3. The SMILES string of the molecule is Cc1noc2nc(-c3ccccc3)cc(C(=O)N3CCOC(c4ccccc4)C3)c12. The lowest BCUT2D eigenvalue weighted by Gasteiger charge is -2.33. The maximum Gasteiger partial charge on any atom is 0.259 e. The van der Waals surface area contributed by atoms with Gasteiger partial charge in [0.2, 0.25) is 0 Å². The topological polar surface area (TPSA) is 68.5 Å². The number of nitrogens with zero attached hydrogens (tertiary/aromatic N) is 3. The fourth-order valence-electron chi connectivity index (χ4n) is 3.89. The van der Waals surface area contributed by atoms with Crippen molar-refractivity contribution in [3.8, 4) is 11.3 Å². The van der Waals surface area contributed by atoms with Crippen LogP contribution in [0.1, 0.15) is 27.7 Å². The summed E-state index contributed by atoms with van der Waals surface area (Å²) in [5, 5.41) is 4.72. The molecule has 1 fully saturated rings. The molecule has 0 N–H and O–H groups in total. The van der Waals surface area contributed by atoms with Crippen LogP contribution in [-0.4, -0.2) is 40.6 Å². The van der Waals surface area contributed by atoms with Crippen LogP contribution in [0.5, 0.6) is 0 Å². The molecule has 0 saturated carbocycles. The molecule has 1 aliphatic rings. The van der Waals surface area contributed by atoms with Crippen molar-refractivity contribution in [2.24, 2.45) is 0 Å². The Labute approximate surface area is 174 Å². The van der Waals surface area contributed by atoms with Crippen LogP contribution in [0, 0.1) is 6.92 Å². The van der Waals surface area contributed by atoms with Crippen molar-refractivity contribution >= 4 is 17.0 Å². The Kier molecular flexibility index (Phi) is 4.77. The fourth-order valence-corrected chi connectivity index (χ4v) is 3.89. The number of fused-ring (bicyclic) bond motifs is 1. The molecule has 0 radical (unpaired) electrons. The molecule has 150 valence electrons. The first-order valence-electron chi connectivity index (χ1n) is 9.99. The first kappa shape index (κ1) is 18.5. The summed E-state index contributed by atoms with van der Waals surface area (Å²) in [7, 11) is 0. The van der Waals surface area contributed by atoms with Gasteiger partial charge >= 0.3 is 0 Å². The molecule has 0 aliphatic carbocycles. The molecule has 4 aromatic rings. The number of benzene rings is 2. The largest absolute Gasteiger partial charge is 0.370 e. The molecule has 1 unspecified atom stereocenters. The smallest absolute Gasteiger partial charge is 0.259 e. The van der Waals surface area contributed by atoms with Crippen LogP contribution < -0.4 is 0 Å². The monoisotopic (exact) mass is 399 g/mol. The van der Waals surface area contributed by atoms with Gasteiger partial charge in [-0.2, -0.15) is 0 Å². The molecular formula is C24H21N3O3. The van der Waals surface area contributed by atoms with E-state index >= 15 is 0 Å². The number of aryl methyl sites for hydroxylation is 1. The van der Waals surface area contributed by atoms with Crippen molar-refractivity contribution < 1.29 is 14.1 Å². The average Bonchev–Trinajstić information content (AvgIpc) is 3.20. The molecule has 30 heavy (non-hydrogen) atoms. The van der Waals surface area contributed by atoms with Crippen LogP contribution in [0.4, 0.5) is 0 Å². The Morgan fingerprint density at radius 2 is 1.80 bits per heavy atom. The molecule has 6 heteroatoms. The molecule has 0 spiro atoms. The van der Waals surface area contributed by atoms with E-state index in [2.05, 4.69) is 10.1 Å². The van der Waals surface area contributed by atoms with E-state index in [0.29, 0.717) is 47.7 Å². The molecule has 0 bridgehead atoms. The first-order valence-corrected chi connectivity index (χ1v) is 9.99. The standard InChI is InChI=1S/C24H21N3O3/c1-16-22-19(14-20(25-23(22)30-26-16)17-8-4-2-5-9-17)24(28)27-12-13-29-21(15-27)18-10-6-3-7-11-18/h2-11,14,21H,12-13,15H2,1H3.